The van der Waals surface area contributed by atoms with Crippen molar-refractivity contribution in [3.63, 3.8) is 0 Å². The van der Waals surface area contributed by atoms with Crippen LogP contribution in [0.25, 0.3) is 6.08 Å². The molecule has 1 aliphatic heterocycles. The fourth-order valence-corrected chi connectivity index (χ4v) is 4.16. The summed E-state index contributed by atoms with van der Waals surface area (Å²) in [5.74, 6) is 0.592. The molecular weight excluding hydrogens is 495 g/mol. The summed E-state index contributed by atoms with van der Waals surface area (Å²) in [6.45, 7) is 0.282. The lowest BCUT2D eigenvalue weighted by molar-refractivity contribution is -0.115. The molecule has 32 heavy (non-hydrogen) atoms. The number of nitrogens with zero attached hydrogens (tertiary/aromatic N) is 1. The SMILES string of the molecule is COc1cc(/C=C2\SC(=Nc3cccc(Br)c3)NC2=O)ccc1OCc1ccc(F)cc1. The number of aliphatic imine (C=N–C) groups is 1. The predicted molar refractivity (Wildman–Crippen MR) is 129 cm³/mol. The Balaban J connectivity index is 1.48. The first kappa shape index (κ1) is 22.1. The summed E-state index contributed by atoms with van der Waals surface area (Å²) in [4.78, 5) is 17.4. The van der Waals surface area contributed by atoms with Crippen molar-refractivity contribution in [2.24, 2.45) is 4.99 Å². The lowest BCUT2D eigenvalue weighted by Gasteiger charge is -2.11. The van der Waals surface area contributed by atoms with Crippen LogP contribution in [0.4, 0.5) is 10.1 Å². The topological polar surface area (TPSA) is 59.9 Å². The van der Waals surface area contributed by atoms with Gasteiger partial charge in [0.2, 0.25) is 0 Å². The number of amidine groups is 1. The normalized spacial score (nSPS) is 15.8. The zero-order valence-electron chi connectivity index (χ0n) is 17.0. The highest BCUT2D eigenvalue weighted by atomic mass is 79.9. The average molecular weight is 513 g/mol. The van der Waals surface area contributed by atoms with Crippen LogP contribution in [0.2, 0.25) is 0 Å². The third-order valence-electron chi connectivity index (χ3n) is 4.48. The van der Waals surface area contributed by atoms with Gasteiger partial charge in [0.05, 0.1) is 17.7 Å². The number of amides is 1. The van der Waals surface area contributed by atoms with Crippen LogP contribution in [0, 0.1) is 5.82 Å². The summed E-state index contributed by atoms with van der Waals surface area (Å²) in [6, 6.07) is 19.1. The van der Waals surface area contributed by atoms with Crippen molar-refractivity contribution in [1.29, 1.82) is 0 Å². The maximum Gasteiger partial charge on any atom is 0.264 e. The third kappa shape index (κ3) is 5.57. The second kappa shape index (κ2) is 10.0. The monoisotopic (exact) mass is 512 g/mol. The second-order valence-corrected chi connectivity index (χ2v) is 8.73. The van der Waals surface area contributed by atoms with E-state index in [-0.39, 0.29) is 18.3 Å². The molecule has 0 bridgehead atoms. The van der Waals surface area contributed by atoms with Crippen LogP contribution in [-0.4, -0.2) is 18.2 Å². The van der Waals surface area contributed by atoms with E-state index in [1.54, 1.807) is 37.5 Å². The second-order valence-electron chi connectivity index (χ2n) is 6.79. The minimum Gasteiger partial charge on any atom is -0.493 e. The molecule has 8 heteroatoms. The highest BCUT2D eigenvalue weighted by Crippen LogP contribution is 2.33. The van der Waals surface area contributed by atoms with Crippen molar-refractivity contribution in [3.8, 4) is 11.5 Å². The van der Waals surface area contributed by atoms with Crippen LogP contribution in [-0.2, 0) is 11.4 Å². The van der Waals surface area contributed by atoms with E-state index in [0.29, 0.717) is 21.6 Å². The molecule has 1 heterocycles. The molecule has 0 aliphatic carbocycles. The Hall–Kier alpha value is -3.10. The highest BCUT2D eigenvalue weighted by molar-refractivity contribution is 9.10. The Bertz CT molecular complexity index is 1210. The van der Waals surface area contributed by atoms with Crippen LogP contribution in [0.3, 0.4) is 0 Å². The molecule has 0 spiro atoms. The summed E-state index contributed by atoms with van der Waals surface area (Å²) in [6.07, 6.45) is 1.77. The summed E-state index contributed by atoms with van der Waals surface area (Å²) in [5.41, 5.74) is 2.38. The molecule has 1 amide bonds. The first-order chi connectivity index (χ1) is 15.5. The van der Waals surface area contributed by atoms with E-state index in [4.69, 9.17) is 9.47 Å². The van der Waals surface area contributed by atoms with Gasteiger partial charge in [-0.05, 0) is 71.4 Å². The smallest absolute Gasteiger partial charge is 0.264 e. The molecule has 1 saturated heterocycles. The van der Waals surface area contributed by atoms with Gasteiger partial charge in [0, 0.05) is 4.47 Å². The lowest BCUT2D eigenvalue weighted by atomic mass is 10.2. The Morgan fingerprint density at radius 1 is 1.09 bits per heavy atom. The Morgan fingerprint density at radius 2 is 1.91 bits per heavy atom. The van der Waals surface area contributed by atoms with E-state index in [9.17, 15) is 9.18 Å². The van der Waals surface area contributed by atoms with E-state index < -0.39 is 0 Å². The minimum absolute atomic E-state index is 0.209. The molecule has 0 unspecified atom stereocenters. The maximum absolute atomic E-state index is 13.1. The number of hydrogen-bond acceptors (Lipinski definition) is 5. The number of thioether (sulfide) groups is 1. The van der Waals surface area contributed by atoms with Crippen LogP contribution < -0.4 is 14.8 Å². The molecule has 0 aromatic heterocycles. The molecule has 0 atom stereocenters. The molecule has 1 N–H and O–H groups in total. The maximum atomic E-state index is 13.1. The number of hydrogen-bond donors (Lipinski definition) is 1. The van der Waals surface area contributed by atoms with Crippen molar-refractivity contribution in [2.45, 2.75) is 6.61 Å². The Kier molecular flexibility index (Phi) is 6.92. The fourth-order valence-electron chi connectivity index (χ4n) is 2.93. The number of nitrogens with one attached hydrogen (secondary N) is 1. The third-order valence-corrected chi connectivity index (χ3v) is 5.89. The predicted octanol–water partition coefficient (Wildman–Crippen LogP) is 6.07. The van der Waals surface area contributed by atoms with Gasteiger partial charge in [-0.15, -0.1) is 0 Å². The first-order valence-electron chi connectivity index (χ1n) is 9.60. The lowest BCUT2D eigenvalue weighted by Crippen LogP contribution is -2.19. The molecule has 1 fully saturated rings. The number of methoxy groups -OCH3 is 1. The van der Waals surface area contributed by atoms with Crippen LogP contribution >= 0.6 is 27.7 Å². The zero-order chi connectivity index (χ0) is 22.5. The van der Waals surface area contributed by atoms with Gasteiger partial charge in [0.25, 0.3) is 5.91 Å². The molecule has 1 aliphatic rings. The zero-order valence-corrected chi connectivity index (χ0v) is 19.4. The molecule has 5 nitrogen and oxygen atoms in total. The van der Waals surface area contributed by atoms with E-state index in [0.717, 1.165) is 21.3 Å². The van der Waals surface area contributed by atoms with Gasteiger partial charge in [-0.2, -0.15) is 0 Å². The van der Waals surface area contributed by atoms with Gasteiger partial charge < -0.3 is 14.8 Å². The molecule has 3 aromatic rings. The molecule has 4 rings (SSSR count). The van der Waals surface area contributed by atoms with Crippen LogP contribution in [0.15, 0.2) is 81.1 Å². The largest absolute Gasteiger partial charge is 0.493 e. The van der Waals surface area contributed by atoms with Gasteiger partial charge in [-0.1, -0.05) is 40.2 Å². The van der Waals surface area contributed by atoms with Crippen molar-refractivity contribution < 1.29 is 18.7 Å². The quantitative estimate of drug-likeness (QED) is 0.407. The summed E-state index contributed by atoms with van der Waals surface area (Å²) in [5, 5.41) is 3.30. The van der Waals surface area contributed by atoms with Gasteiger partial charge in [0.15, 0.2) is 16.7 Å². The number of benzene rings is 3. The molecule has 3 aromatic carbocycles. The Morgan fingerprint density at radius 3 is 2.66 bits per heavy atom. The fraction of sp³-hybridized carbons (Fsp3) is 0.0833. The van der Waals surface area contributed by atoms with Crippen molar-refractivity contribution in [3.05, 3.63) is 93.1 Å². The molecule has 162 valence electrons. The van der Waals surface area contributed by atoms with Crippen molar-refractivity contribution in [2.75, 3.05) is 7.11 Å². The summed E-state index contributed by atoms with van der Waals surface area (Å²) < 4.78 is 25.2. The van der Waals surface area contributed by atoms with Gasteiger partial charge in [-0.25, -0.2) is 9.38 Å². The number of ether oxygens (including phenoxy) is 2. The van der Waals surface area contributed by atoms with Crippen molar-refractivity contribution in [1.82, 2.24) is 5.32 Å². The van der Waals surface area contributed by atoms with Gasteiger partial charge in [-0.3, -0.25) is 4.79 Å². The number of halogens is 2. The van der Waals surface area contributed by atoms with E-state index in [2.05, 4.69) is 26.2 Å². The molecule has 0 saturated carbocycles. The first-order valence-corrected chi connectivity index (χ1v) is 11.2. The summed E-state index contributed by atoms with van der Waals surface area (Å²) in [7, 11) is 1.55. The number of rotatable bonds is 6. The van der Waals surface area contributed by atoms with E-state index >= 15 is 0 Å². The van der Waals surface area contributed by atoms with Crippen LogP contribution in [0.5, 0.6) is 11.5 Å². The standard InChI is InChI=1S/C24H18BrFN2O3S/c1-30-21-11-16(7-10-20(21)31-14-15-5-8-18(26)9-6-15)12-22-23(29)28-24(32-22)27-19-4-2-3-17(25)13-19/h2-13H,14H2,1H3,(H,27,28,29)/b22-12-. The Labute approximate surface area is 197 Å². The van der Waals surface area contributed by atoms with Crippen LogP contribution in [0.1, 0.15) is 11.1 Å². The number of carbonyl (C=O) groups excluding carboxylic acids is 1. The summed E-state index contributed by atoms with van der Waals surface area (Å²) >= 11 is 4.69. The highest BCUT2D eigenvalue weighted by Gasteiger charge is 2.24. The average Bonchev–Trinajstić information content (AvgIpc) is 3.12. The molecular formula is C24H18BrFN2O3S. The van der Waals surface area contributed by atoms with Gasteiger partial charge in [0.1, 0.15) is 12.4 Å². The number of carbonyl (C=O) groups is 1. The minimum atomic E-state index is -0.289. The van der Waals surface area contributed by atoms with Gasteiger partial charge >= 0.3 is 0 Å². The molecule has 0 radical (unpaired) electrons. The van der Waals surface area contributed by atoms with E-state index in [1.807, 2.05) is 30.3 Å². The van der Waals surface area contributed by atoms with Crippen molar-refractivity contribution >= 4 is 50.5 Å². The van der Waals surface area contributed by atoms with E-state index in [1.165, 1.54) is 23.9 Å².